The molecule has 0 spiro atoms. The Morgan fingerprint density at radius 2 is 1.95 bits per heavy atom. The highest BCUT2D eigenvalue weighted by Crippen LogP contribution is 2.21. The van der Waals surface area contributed by atoms with E-state index in [0.29, 0.717) is 24.1 Å². The Hall–Kier alpha value is -1.68. The molecular weight excluding hydrogens is 296 g/mol. The van der Waals surface area contributed by atoms with Crippen molar-refractivity contribution in [1.29, 1.82) is 0 Å². The minimum atomic E-state index is -3.74. The van der Waals surface area contributed by atoms with E-state index in [1.54, 1.807) is 0 Å². The Balaban J connectivity index is 2.00. The fourth-order valence-corrected chi connectivity index (χ4v) is 3.95. The van der Waals surface area contributed by atoms with Gasteiger partial charge < -0.3 is 20.4 Å². The molecule has 1 fully saturated rings. The molecule has 21 heavy (non-hydrogen) atoms. The van der Waals surface area contributed by atoms with E-state index >= 15 is 0 Å². The van der Waals surface area contributed by atoms with Crippen molar-refractivity contribution in [3.63, 3.8) is 0 Å². The van der Waals surface area contributed by atoms with Crippen molar-refractivity contribution in [2.75, 3.05) is 20.1 Å². The third-order valence-corrected chi connectivity index (χ3v) is 5.66. The van der Waals surface area contributed by atoms with Crippen molar-refractivity contribution in [3.05, 3.63) is 28.7 Å². The molecule has 1 aliphatic rings. The van der Waals surface area contributed by atoms with Crippen LogP contribution in [0.3, 0.4) is 0 Å². The third kappa shape index (κ3) is 2.38. The summed E-state index contributed by atoms with van der Waals surface area (Å²) in [5, 5.41) is 12.8. The molecule has 1 aromatic heterocycles. The molecule has 1 aromatic carbocycles. The predicted molar refractivity (Wildman–Crippen MR) is 76.5 cm³/mol. The summed E-state index contributed by atoms with van der Waals surface area (Å²) in [6, 6.07) is 3.88. The van der Waals surface area contributed by atoms with Gasteiger partial charge in [0.1, 0.15) is 0 Å². The Bertz CT molecular complexity index is 825. The third-order valence-electron chi connectivity index (χ3n) is 3.78. The van der Waals surface area contributed by atoms with Crippen LogP contribution in [0, 0.1) is 0 Å². The summed E-state index contributed by atoms with van der Waals surface area (Å²) < 4.78 is 26.4. The van der Waals surface area contributed by atoms with Crippen molar-refractivity contribution < 1.29 is 13.5 Å². The quantitative estimate of drug-likeness (QED) is 0.568. The van der Waals surface area contributed by atoms with Crippen LogP contribution in [0.1, 0.15) is 0 Å². The van der Waals surface area contributed by atoms with Crippen molar-refractivity contribution in [3.8, 4) is 0 Å². The van der Waals surface area contributed by atoms with Crippen LogP contribution in [-0.2, 0) is 10.0 Å². The molecule has 0 bridgehead atoms. The number of aliphatic hydroxyl groups is 1. The molecule has 9 heteroatoms. The summed E-state index contributed by atoms with van der Waals surface area (Å²) in [7, 11) is -2.30. The summed E-state index contributed by atoms with van der Waals surface area (Å²) in [6.07, 6.45) is -0.736. The average molecular weight is 312 g/mol. The number of rotatable bonds is 3. The van der Waals surface area contributed by atoms with E-state index in [2.05, 4.69) is 15.3 Å². The van der Waals surface area contributed by atoms with E-state index in [0.717, 1.165) is 0 Å². The predicted octanol–water partition coefficient (Wildman–Crippen LogP) is -1.19. The van der Waals surface area contributed by atoms with Crippen LogP contribution in [0.5, 0.6) is 0 Å². The molecule has 4 N–H and O–H groups in total. The fraction of sp³-hybridized carbons (Fsp3) is 0.417. The lowest BCUT2D eigenvalue weighted by molar-refractivity contribution is 0.136. The molecule has 1 saturated heterocycles. The van der Waals surface area contributed by atoms with E-state index in [1.165, 1.54) is 29.6 Å². The van der Waals surface area contributed by atoms with E-state index in [-0.39, 0.29) is 10.6 Å². The topological polar surface area (TPSA) is 118 Å². The molecule has 0 unspecified atom stereocenters. The lowest BCUT2D eigenvalue weighted by atomic mass is 10.2. The van der Waals surface area contributed by atoms with E-state index < -0.39 is 22.2 Å². The van der Waals surface area contributed by atoms with Crippen molar-refractivity contribution >= 4 is 21.1 Å². The molecule has 114 valence electrons. The molecule has 0 aliphatic carbocycles. The van der Waals surface area contributed by atoms with Crippen LogP contribution in [0.4, 0.5) is 0 Å². The molecule has 2 atom stereocenters. The van der Waals surface area contributed by atoms with Gasteiger partial charge in [-0.15, -0.1) is 0 Å². The number of likely N-dealkylation sites (N-methyl/N-ethyl adjacent to an activating group) is 1. The second-order valence-corrected chi connectivity index (χ2v) is 7.10. The number of nitrogens with zero attached hydrogens (tertiary/aromatic N) is 1. The van der Waals surface area contributed by atoms with Gasteiger partial charge >= 0.3 is 5.69 Å². The fourth-order valence-electron chi connectivity index (χ4n) is 2.54. The second kappa shape index (κ2) is 4.95. The van der Waals surface area contributed by atoms with Crippen molar-refractivity contribution in [1.82, 2.24) is 19.6 Å². The molecule has 0 amide bonds. The van der Waals surface area contributed by atoms with Crippen LogP contribution in [0.2, 0.25) is 0 Å². The van der Waals surface area contributed by atoms with E-state index in [1.807, 2.05) is 0 Å². The van der Waals surface area contributed by atoms with Gasteiger partial charge in [0.15, 0.2) is 0 Å². The zero-order chi connectivity index (χ0) is 15.2. The number of aromatic nitrogens is 2. The number of β-amino-alcohol motifs (C(OH)–C–C–N with tert-alkyl or cyclic N) is 1. The van der Waals surface area contributed by atoms with Crippen LogP contribution >= 0.6 is 0 Å². The number of imidazole rings is 1. The first-order valence-corrected chi connectivity index (χ1v) is 7.92. The smallest absolute Gasteiger partial charge is 0.323 e. The number of hydrogen-bond donors (Lipinski definition) is 4. The number of aliphatic hydroxyl groups excluding tert-OH is 1. The molecule has 3 rings (SSSR count). The van der Waals surface area contributed by atoms with Crippen molar-refractivity contribution in [2.45, 2.75) is 17.0 Å². The Morgan fingerprint density at radius 1 is 1.24 bits per heavy atom. The van der Waals surface area contributed by atoms with Gasteiger partial charge in [0.25, 0.3) is 0 Å². The maximum atomic E-state index is 12.6. The van der Waals surface area contributed by atoms with Gasteiger partial charge in [-0.3, -0.25) is 0 Å². The number of aromatic amines is 2. The summed E-state index contributed by atoms with van der Waals surface area (Å²) in [5.74, 6) is 0. The Kier molecular flexibility index (Phi) is 3.36. The summed E-state index contributed by atoms with van der Waals surface area (Å²) >= 11 is 0. The molecule has 2 aromatic rings. The molecule has 0 saturated carbocycles. The van der Waals surface area contributed by atoms with Gasteiger partial charge in [-0.2, -0.15) is 4.31 Å². The molecule has 2 heterocycles. The normalized spacial score (nSPS) is 23.2. The number of hydrogen-bond acceptors (Lipinski definition) is 5. The molecule has 8 nitrogen and oxygen atoms in total. The lowest BCUT2D eigenvalue weighted by Gasteiger charge is -2.25. The zero-order valence-electron chi connectivity index (χ0n) is 11.3. The molecule has 1 aliphatic heterocycles. The first-order valence-electron chi connectivity index (χ1n) is 6.48. The number of nitrogens with one attached hydrogen (secondary N) is 3. The highest BCUT2D eigenvalue weighted by Gasteiger charge is 2.35. The van der Waals surface area contributed by atoms with Crippen LogP contribution < -0.4 is 11.0 Å². The van der Waals surface area contributed by atoms with Crippen LogP contribution in [-0.4, -0.2) is 60.1 Å². The first-order chi connectivity index (χ1) is 9.89. The largest absolute Gasteiger partial charge is 0.390 e. The summed E-state index contributed by atoms with van der Waals surface area (Å²) in [5.41, 5.74) is 0.590. The number of benzene rings is 1. The number of sulfonamides is 1. The maximum Gasteiger partial charge on any atom is 0.323 e. The summed E-state index contributed by atoms with van der Waals surface area (Å²) in [4.78, 5) is 16.4. The van der Waals surface area contributed by atoms with Crippen LogP contribution in [0.25, 0.3) is 11.0 Å². The van der Waals surface area contributed by atoms with Gasteiger partial charge in [-0.1, -0.05) is 0 Å². The minimum Gasteiger partial charge on any atom is -0.390 e. The number of H-pyrrole nitrogens is 2. The number of fused-ring (bicyclic) bond motifs is 1. The van der Waals surface area contributed by atoms with Crippen molar-refractivity contribution in [2.24, 2.45) is 0 Å². The monoisotopic (exact) mass is 312 g/mol. The first kappa shape index (κ1) is 14.3. The van der Waals surface area contributed by atoms with Crippen LogP contribution in [0.15, 0.2) is 27.9 Å². The van der Waals surface area contributed by atoms with Gasteiger partial charge in [-0.05, 0) is 18.2 Å². The standard InChI is InChI=1S/C12H16N4O4S/c1-16(10-5-13-6-11(10)17)21(19,20)7-2-3-8-9(4-7)15-12(18)14-8/h2-4,10-11,13,17H,5-6H2,1H3,(H2,14,15,18)/t10-,11-/m1/s1. The lowest BCUT2D eigenvalue weighted by Crippen LogP contribution is -2.44. The SMILES string of the molecule is CN([C@@H]1CNC[C@H]1O)S(=O)(=O)c1ccc2[nH]c(=O)[nH]c2c1. The Morgan fingerprint density at radius 3 is 2.62 bits per heavy atom. The second-order valence-electron chi connectivity index (χ2n) is 5.10. The zero-order valence-corrected chi connectivity index (χ0v) is 12.1. The van der Waals surface area contributed by atoms with Gasteiger partial charge in [0, 0.05) is 20.1 Å². The molecule has 0 radical (unpaired) electrons. The average Bonchev–Trinajstić information content (AvgIpc) is 3.01. The minimum absolute atomic E-state index is 0.0758. The molecular formula is C12H16N4O4S. The van der Waals surface area contributed by atoms with E-state index in [4.69, 9.17) is 0 Å². The Labute approximate surface area is 120 Å². The van der Waals surface area contributed by atoms with E-state index in [9.17, 15) is 18.3 Å². The summed E-state index contributed by atoms with van der Waals surface area (Å²) in [6.45, 7) is 0.773. The highest BCUT2D eigenvalue weighted by molar-refractivity contribution is 7.89. The maximum absolute atomic E-state index is 12.6. The highest BCUT2D eigenvalue weighted by atomic mass is 32.2. The van der Waals surface area contributed by atoms with Gasteiger partial charge in [0.2, 0.25) is 10.0 Å². The van der Waals surface area contributed by atoms with Gasteiger partial charge in [0.05, 0.1) is 28.1 Å². The van der Waals surface area contributed by atoms with Gasteiger partial charge in [-0.25, -0.2) is 13.2 Å².